The molecule has 0 saturated carbocycles. The first-order valence-corrected chi connectivity index (χ1v) is 8.61. The van der Waals surface area contributed by atoms with Crippen molar-refractivity contribution >= 4 is 0 Å². The predicted molar refractivity (Wildman–Crippen MR) is 80.4 cm³/mol. The number of nitrogens with zero attached hydrogens (tertiary/aromatic N) is 1. The molecule has 110 valence electrons. The summed E-state index contributed by atoms with van der Waals surface area (Å²) in [5.41, 5.74) is 0. The van der Waals surface area contributed by atoms with Crippen molar-refractivity contribution in [2.24, 2.45) is 5.92 Å². The van der Waals surface area contributed by atoms with Crippen molar-refractivity contribution in [1.82, 2.24) is 15.5 Å². The van der Waals surface area contributed by atoms with Crippen LogP contribution >= 0.6 is 0 Å². The van der Waals surface area contributed by atoms with Gasteiger partial charge in [-0.2, -0.15) is 0 Å². The largest absolute Gasteiger partial charge is 0.317 e. The first-order valence-electron chi connectivity index (χ1n) is 8.61. The van der Waals surface area contributed by atoms with Crippen molar-refractivity contribution in [3.8, 4) is 0 Å². The zero-order valence-electron chi connectivity index (χ0n) is 12.4. The summed E-state index contributed by atoms with van der Waals surface area (Å²) in [4.78, 5) is 2.79. The van der Waals surface area contributed by atoms with Gasteiger partial charge in [-0.15, -0.1) is 0 Å². The van der Waals surface area contributed by atoms with E-state index in [0.29, 0.717) is 0 Å². The van der Waals surface area contributed by atoms with Crippen LogP contribution in [0.3, 0.4) is 0 Å². The number of hydrogen-bond acceptors (Lipinski definition) is 3. The Morgan fingerprint density at radius 1 is 0.737 bits per heavy atom. The van der Waals surface area contributed by atoms with Crippen LogP contribution in [0.2, 0.25) is 0 Å². The van der Waals surface area contributed by atoms with Crippen molar-refractivity contribution in [3.63, 3.8) is 0 Å². The van der Waals surface area contributed by atoms with Crippen molar-refractivity contribution < 1.29 is 0 Å². The molecule has 0 aliphatic carbocycles. The van der Waals surface area contributed by atoms with Crippen LogP contribution in [0.1, 0.15) is 51.4 Å². The molecule has 1 unspecified atom stereocenters. The minimum absolute atomic E-state index is 0.831. The van der Waals surface area contributed by atoms with Crippen LogP contribution in [0.25, 0.3) is 0 Å². The van der Waals surface area contributed by atoms with Gasteiger partial charge in [0.2, 0.25) is 0 Å². The standard InChI is InChI=1S/C16H31N3/c1-2-4-16(18-9-3-1)14-7-12-19(13-8-14)15-5-10-17-11-6-15/h14-18H,1-13H2. The highest BCUT2D eigenvalue weighted by atomic mass is 15.2. The Bertz CT molecular complexity index is 247. The maximum Gasteiger partial charge on any atom is 0.0119 e. The maximum absolute atomic E-state index is 3.82. The summed E-state index contributed by atoms with van der Waals surface area (Å²) in [5.74, 6) is 0.955. The molecule has 0 radical (unpaired) electrons. The SMILES string of the molecule is C1CCNC(C2CCN(C3CCNCC3)CC2)CC1. The average molecular weight is 265 g/mol. The van der Waals surface area contributed by atoms with Crippen molar-refractivity contribution in [2.45, 2.75) is 63.5 Å². The molecule has 3 aliphatic heterocycles. The van der Waals surface area contributed by atoms with E-state index in [1.807, 2.05) is 0 Å². The average Bonchev–Trinajstić information content (AvgIpc) is 2.77. The third kappa shape index (κ3) is 3.71. The van der Waals surface area contributed by atoms with E-state index in [1.165, 1.54) is 84.1 Å². The van der Waals surface area contributed by atoms with E-state index >= 15 is 0 Å². The lowest BCUT2D eigenvalue weighted by molar-refractivity contribution is 0.0973. The third-order valence-electron chi connectivity index (χ3n) is 5.57. The van der Waals surface area contributed by atoms with Gasteiger partial charge in [-0.25, -0.2) is 0 Å². The van der Waals surface area contributed by atoms with Crippen LogP contribution in [0, 0.1) is 5.92 Å². The topological polar surface area (TPSA) is 27.3 Å². The van der Waals surface area contributed by atoms with Gasteiger partial charge in [0.1, 0.15) is 0 Å². The number of likely N-dealkylation sites (tertiary alicyclic amines) is 1. The van der Waals surface area contributed by atoms with Gasteiger partial charge in [0, 0.05) is 12.1 Å². The first-order chi connectivity index (χ1) is 9.43. The van der Waals surface area contributed by atoms with Crippen LogP contribution in [0.15, 0.2) is 0 Å². The van der Waals surface area contributed by atoms with Gasteiger partial charge in [0.15, 0.2) is 0 Å². The van der Waals surface area contributed by atoms with E-state index in [1.54, 1.807) is 0 Å². The first kappa shape index (κ1) is 13.8. The molecule has 1 atom stereocenters. The quantitative estimate of drug-likeness (QED) is 0.799. The van der Waals surface area contributed by atoms with E-state index in [4.69, 9.17) is 0 Å². The van der Waals surface area contributed by atoms with Gasteiger partial charge in [0.25, 0.3) is 0 Å². The van der Waals surface area contributed by atoms with Crippen LogP contribution in [0.4, 0.5) is 0 Å². The minimum atomic E-state index is 0.831. The second kappa shape index (κ2) is 7.05. The molecule has 0 bridgehead atoms. The molecule has 3 heterocycles. The fourth-order valence-corrected chi connectivity index (χ4v) is 4.32. The molecule has 3 heteroatoms. The maximum atomic E-state index is 3.82. The van der Waals surface area contributed by atoms with Crippen molar-refractivity contribution in [3.05, 3.63) is 0 Å². The Kier molecular flexibility index (Phi) is 5.14. The molecule has 3 rings (SSSR count). The number of rotatable bonds is 2. The van der Waals surface area contributed by atoms with E-state index in [9.17, 15) is 0 Å². The molecule has 3 nitrogen and oxygen atoms in total. The lowest BCUT2D eigenvalue weighted by Crippen LogP contribution is -2.49. The molecular weight excluding hydrogens is 234 g/mol. The number of piperidine rings is 2. The zero-order chi connectivity index (χ0) is 12.9. The van der Waals surface area contributed by atoms with E-state index in [2.05, 4.69) is 15.5 Å². The summed E-state index contributed by atoms with van der Waals surface area (Å²) in [6, 6.07) is 1.71. The van der Waals surface area contributed by atoms with Gasteiger partial charge in [-0.1, -0.05) is 12.8 Å². The summed E-state index contributed by atoms with van der Waals surface area (Å²) in [5, 5.41) is 7.30. The van der Waals surface area contributed by atoms with E-state index < -0.39 is 0 Å². The van der Waals surface area contributed by atoms with Crippen LogP contribution in [-0.2, 0) is 0 Å². The fourth-order valence-electron chi connectivity index (χ4n) is 4.32. The normalized spacial score (nSPS) is 33.2. The van der Waals surface area contributed by atoms with Gasteiger partial charge >= 0.3 is 0 Å². The third-order valence-corrected chi connectivity index (χ3v) is 5.57. The smallest absolute Gasteiger partial charge is 0.0119 e. The number of hydrogen-bond donors (Lipinski definition) is 2. The Morgan fingerprint density at radius 2 is 1.53 bits per heavy atom. The fraction of sp³-hybridized carbons (Fsp3) is 1.00. The Hall–Kier alpha value is -0.120. The molecule has 0 amide bonds. The van der Waals surface area contributed by atoms with Crippen LogP contribution in [0.5, 0.6) is 0 Å². The molecule has 0 aromatic heterocycles. The highest BCUT2D eigenvalue weighted by molar-refractivity contribution is 4.87. The highest BCUT2D eigenvalue weighted by Gasteiger charge is 2.30. The second-order valence-electron chi connectivity index (χ2n) is 6.76. The Labute approximate surface area is 118 Å². The molecule has 0 spiro atoms. The summed E-state index contributed by atoms with van der Waals surface area (Å²) >= 11 is 0. The van der Waals surface area contributed by atoms with Gasteiger partial charge in [0.05, 0.1) is 0 Å². The van der Waals surface area contributed by atoms with E-state index in [-0.39, 0.29) is 0 Å². The molecule has 19 heavy (non-hydrogen) atoms. The molecule has 3 fully saturated rings. The molecule has 0 aromatic carbocycles. The van der Waals surface area contributed by atoms with Crippen LogP contribution in [-0.4, -0.2) is 49.7 Å². The molecular formula is C16H31N3. The molecule has 2 N–H and O–H groups in total. The summed E-state index contributed by atoms with van der Waals surface area (Å²) in [7, 11) is 0. The van der Waals surface area contributed by atoms with Gasteiger partial charge in [-0.05, 0) is 77.2 Å². The minimum Gasteiger partial charge on any atom is -0.317 e. The monoisotopic (exact) mass is 265 g/mol. The summed E-state index contributed by atoms with van der Waals surface area (Å²) in [6.45, 7) is 6.43. The lowest BCUT2D eigenvalue weighted by atomic mass is 9.86. The Balaban J connectivity index is 1.45. The highest BCUT2D eigenvalue weighted by Crippen LogP contribution is 2.27. The van der Waals surface area contributed by atoms with Gasteiger partial charge < -0.3 is 15.5 Å². The van der Waals surface area contributed by atoms with Crippen molar-refractivity contribution in [2.75, 3.05) is 32.7 Å². The van der Waals surface area contributed by atoms with Crippen LogP contribution < -0.4 is 10.6 Å². The number of nitrogens with one attached hydrogen (secondary N) is 2. The van der Waals surface area contributed by atoms with Crippen molar-refractivity contribution in [1.29, 1.82) is 0 Å². The Morgan fingerprint density at radius 3 is 2.32 bits per heavy atom. The molecule has 3 saturated heterocycles. The lowest BCUT2D eigenvalue weighted by Gasteiger charge is -2.41. The molecule has 3 aliphatic rings. The van der Waals surface area contributed by atoms with Gasteiger partial charge in [-0.3, -0.25) is 0 Å². The molecule has 0 aromatic rings. The second-order valence-corrected chi connectivity index (χ2v) is 6.76. The summed E-state index contributed by atoms with van der Waals surface area (Å²) < 4.78 is 0. The van der Waals surface area contributed by atoms with E-state index in [0.717, 1.165) is 18.0 Å². The summed E-state index contributed by atoms with van der Waals surface area (Å²) in [6.07, 6.45) is 11.3. The predicted octanol–water partition coefficient (Wildman–Crippen LogP) is 1.98. The zero-order valence-corrected chi connectivity index (χ0v) is 12.4.